The van der Waals surface area contributed by atoms with Gasteiger partial charge in [0.25, 0.3) is 5.91 Å². The summed E-state index contributed by atoms with van der Waals surface area (Å²) in [7, 11) is 0. The molecule has 1 aliphatic rings. The van der Waals surface area contributed by atoms with Crippen molar-refractivity contribution in [3.05, 3.63) is 35.4 Å². The largest absolute Gasteiger partial charge is 0.444 e. The van der Waals surface area contributed by atoms with Crippen molar-refractivity contribution < 1.29 is 19.1 Å². The Bertz CT molecular complexity index is 689. The van der Waals surface area contributed by atoms with E-state index in [4.69, 9.17) is 4.74 Å². The quantitative estimate of drug-likeness (QED) is 0.845. The predicted molar refractivity (Wildman–Crippen MR) is 102 cm³/mol. The first-order valence-corrected chi connectivity index (χ1v) is 9.27. The molecule has 148 valence electrons. The summed E-state index contributed by atoms with van der Waals surface area (Å²) in [6.45, 7) is 8.37. The zero-order valence-corrected chi connectivity index (χ0v) is 16.5. The molecule has 1 saturated heterocycles. The lowest BCUT2D eigenvalue weighted by atomic mass is 10.1. The van der Waals surface area contributed by atoms with E-state index in [1.54, 1.807) is 17.0 Å². The highest BCUT2D eigenvalue weighted by atomic mass is 16.6. The van der Waals surface area contributed by atoms with Gasteiger partial charge in [-0.2, -0.15) is 0 Å². The zero-order valence-electron chi connectivity index (χ0n) is 16.5. The third-order valence-electron chi connectivity index (χ3n) is 4.31. The average molecular weight is 375 g/mol. The molecular formula is C20H29N3O4. The van der Waals surface area contributed by atoms with Gasteiger partial charge in [-0.05, 0) is 52.2 Å². The summed E-state index contributed by atoms with van der Waals surface area (Å²) in [4.78, 5) is 38.0. The van der Waals surface area contributed by atoms with Crippen LogP contribution in [0.25, 0.3) is 0 Å². The number of ether oxygens (including phenoxy) is 1. The molecule has 0 spiro atoms. The molecule has 1 aliphatic heterocycles. The molecule has 0 unspecified atom stereocenters. The maximum Gasteiger partial charge on any atom is 0.410 e. The Morgan fingerprint density at radius 1 is 1.15 bits per heavy atom. The van der Waals surface area contributed by atoms with Crippen molar-refractivity contribution in [3.63, 3.8) is 0 Å². The molecule has 7 nitrogen and oxygen atoms in total. The molecule has 1 heterocycles. The highest BCUT2D eigenvalue weighted by Gasteiger charge is 2.27. The van der Waals surface area contributed by atoms with Crippen LogP contribution in [0.5, 0.6) is 0 Å². The summed E-state index contributed by atoms with van der Waals surface area (Å²) in [6.07, 6.45) is 1.01. The van der Waals surface area contributed by atoms with Crippen LogP contribution in [0.3, 0.4) is 0 Å². The Kier molecular flexibility index (Phi) is 6.82. The molecule has 0 radical (unpaired) electrons. The Balaban J connectivity index is 1.72. The van der Waals surface area contributed by atoms with Gasteiger partial charge in [-0.1, -0.05) is 18.2 Å². The number of carbonyl (C=O) groups is 3. The van der Waals surface area contributed by atoms with Crippen molar-refractivity contribution in [3.8, 4) is 0 Å². The number of nitrogens with zero attached hydrogens (tertiary/aromatic N) is 1. The summed E-state index contributed by atoms with van der Waals surface area (Å²) in [5.74, 6) is -0.490. The number of piperidine rings is 1. The van der Waals surface area contributed by atoms with Crippen LogP contribution in [0.4, 0.5) is 4.79 Å². The smallest absolute Gasteiger partial charge is 0.410 e. The van der Waals surface area contributed by atoms with E-state index in [-0.39, 0.29) is 30.5 Å². The fourth-order valence-electron chi connectivity index (χ4n) is 2.90. The third kappa shape index (κ3) is 6.58. The SMILES string of the molecule is Cc1ccccc1C(=O)NCC(=O)NC1CCN(C(=O)OC(C)(C)C)CC1. The van der Waals surface area contributed by atoms with E-state index in [9.17, 15) is 14.4 Å². The lowest BCUT2D eigenvalue weighted by Crippen LogP contribution is -2.49. The maximum absolute atomic E-state index is 12.1. The van der Waals surface area contributed by atoms with E-state index in [0.717, 1.165) is 5.56 Å². The number of rotatable bonds is 4. The maximum atomic E-state index is 12.1. The van der Waals surface area contributed by atoms with Crippen molar-refractivity contribution in [2.24, 2.45) is 0 Å². The van der Waals surface area contributed by atoms with Gasteiger partial charge in [-0.15, -0.1) is 0 Å². The minimum absolute atomic E-state index is 0.00782. The van der Waals surface area contributed by atoms with E-state index < -0.39 is 5.60 Å². The van der Waals surface area contributed by atoms with Crippen molar-refractivity contribution >= 4 is 17.9 Å². The molecule has 2 rings (SSSR count). The van der Waals surface area contributed by atoms with Crippen LogP contribution in [-0.2, 0) is 9.53 Å². The van der Waals surface area contributed by atoms with Crippen molar-refractivity contribution in [1.82, 2.24) is 15.5 Å². The summed E-state index contributed by atoms with van der Waals surface area (Å²) < 4.78 is 5.36. The molecule has 0 aliphatic carbocycles. The molecule has 0 aromatic heterocycles. The van der Waals surface area contributed by atoms with Crippen LogP contribution in [0, 0.1) is 6.92 Å². The average Bonchev–Trinajstić information content (AvgIpc) is 2.59. The fourth-order valence-corrected chi connectivity index (χ4v) is 2.90. The number of hydrogen-bond acceptors (Lipinski definition) is 4. The molecule has 1 fully saturated rings. The van der Waals surface area contributed by atoms with Crippen LogP contribution in [0.1, 0.15) is 49.5 Å². The van der Waals surface area contributed by atoms with Crippen LogP contribution in [0.2, 0.25) is 0 Å². The Morgan fingerprint density at radius 2 is 1.78 bits per heavy atom. The minimum Gasteiger partial charge on any atom is -0.444 e. The summed E-state index contributed by atoms with van der Waals surface area (Å²) in [5, 5.41) is 5.56. The van der Waals surface area contributed by atoms with Gasteiger partial charge in [0.1, 0.15) is 5.60 Å². The van der Waals surface area contributed by atoms with Gasteiger partial charge in [0.2, 0.25) is 5.91 Å². The second kappa shape index (κ2) is 8.88. The molecule has 7 heteroatoms. The Hall–Kier alpha value is -2.57. The first-order valence-electron chi connectivity index (χ1n) is 9.27. The molecule has 0 atom stereocenters. The van der Waals surface area contributed by atoms with Crippen molar-refractivity contribution in [1.29, 1.82) is 0 Å². The van der Waals surface area contributed by atoms with Crippen LogP contribution in [0.15, 0.2) is 24.3 Å². The molecule has 1 aromatic rings. The highest BCUT2D eigenvalue weighted by Crippen LogP contribution is 2.15. The number of carbonyl (C=O) groups excluding carboxylic acids is 3. The molecule has 1 aromatic carbocycles. The van der Waals surface area contributed by atoms with E-state index in [0.29, 0.717) is 31.5 Å². The molecule has 27 heavy (non-hydrogen) atoms. The number of nitrogens with one attached hydrogen (secondary N) is 2. The molecule has 0 saturated carbocycles. The second-order valence-corrected chi connectivity index (χ2v) is 7.81. The number of likely N-dealkylation sites (tertiary alicyclic amines) is 1. The van der Waals surface area contributed by atoms with E-state index in [1.807, 2.05) is 39.8 Å². The number of amides is 3. The lowest BCUT2D eigenvalue weighted by molar-refractivity contribution is -0.121. The Labute approximate surface area is 160 Å². The van der Waals surface area contributed by atoms with Gasteiger partial charge >= 0.3 is 6.09 Å². The minimum atomic E-state index is -0.516. The third-order valence-corrected chi connectivity index (χ3v) is 4.31. The molecule has 0 bridgehead atoms. The van der Waals surface area contributed by atoms with Gasteiger partial charge in [0, 0.05) is 24.7 Å². The van der Waals surface area contributed by atoms with Gasteiger partial charge in [-0.25, -0.2) is 4.79 Å². The number of hydrogen-bond donors (Lipinski definition) is 2. The number of benzene rings is 1. The van der Waals surface area contributed by atoms with E-state index in [2.05, 4.69) is 10.6 Å². The predicted octanol–water partition coefficient (Wildman–Crippen LogP) is 2.24. The molecular weight excluding hydrogens is 346 g/mol. The van der Waals surface area contributed by atoms with Crippen LogP contribution >= 0.6 is 0 Å². The lowest BCUT2D eigenvalue weighted by Gasteiger charge is -2.33. The van der Waals surface area contributed by atoms with Gasteiger partial charge in [-0.3, -0.25) is 9.59 Å². The zero-order chi connectivity index (χ0) is 20.0. The first-order chi connectivity index (χ1) is 12.7. The highest BCUT2D eigenvalue weighted by molar-refractivity contribution is 5.97. The van der Waals surface area contributed by atoms with E-state index in [1.165, 1.54) is 0 Å². The van der Waals surface area contributed by atoms with Gasteiger partial charge < -0.3 is 20.3 Å². The fraction of sp³-hybridized carbons (Fsp3) is 0.550. The number of aryl methyl sites for hydroxylation is 1. The topological polar surface area (TPSA) is 87.7 Å². The monoisotopic (exact) mass is 375 g/mol. The normalized spacial score (nSPS) is 15.2. The van der Waals surface area contributed by atoms with Crippen LogP contribution in [-0.4, -0.2) is 54.1 Å². The Morgan fingerprint density at radius 3 is 2.37 bits per heavy atom. The summed E-state index contributed by atoms with van der Waals surface area (Å²) in [6, 6.07) is 7.23. The standard InChI is InChI=1S/C20H29N3O4/c1-14-7-5-6-8-16(14)18(25)21-13-17(24)22-15-9-11-23(12-10-15)19(26)27-20(2,3)4/h5-8,15H,9-13H2,1-4H3,(H,21,25)(H,22,24). The van der Waals surface area contributed by atoms with E-state index >= 15 is 0 Å². The van der Waals surface area contributed by atoms with Crippen molar-refractivity contribution in [2.75, 3.05) is 19.6 Å². The summed E-state index contributed by atoms with van der Waals surface area (Å²) >= 11 is 0. The van der Waals surface area contributed by atoms with Crippen molar-refractivity contribution in [2.45, 2.75) is 52.2 Å². The first kappa shape index (κ1) is 20.7. The second-order valence-electron chi connectivity index (χ2n) is 7.81. The van der Waals surface area contributed by atoms with Gasteiger partial charge in [0.15, 0.2) is 0 Å². The summed E-state index contributed by atoms with van der Waals surface area (Å²) in [5.41, 5.74) is 0.915. The molecule has 3 amide bonds. The van der Waals surface area contributed by atoms with Gasteiger partial charge in [0.05, 0.1) is 6.54 Å². The van der Waals surface area contributed by atoms with Crippen LogP contribution < -0.4 is 10.6 Å². The molecule has 2 N–H and O–H groups in total.